The summed E-state index contributed by atoms with van der Waals surface area (Å²) >= 11 is 0. The lowest BCUT2D eigenvalue weighted by molar-refractivity contribution is -0.115. The molecule has 0 radical (unpaired) electrons. The zero-order valence-corrected chi connectivity index (χ0v) is 17.8. The van der Waals surface area contributed by atoms with Crippen molar-refractivity contribution in [2.24, 2.45) is 0 Å². The first-order chi connectivity index (χ1) is 14.4. The van der Waals surface area contributed by atoms with Crippen LogP contribution in [0.25, 0.3) is 17.2 Å². The minimum atomic E-state index is -0.500. The molecule has 0 aliphatic carbocycles. The number of methoxy groups -OCH3 is 1. The van der Waals surface area contributed by atoms with Gasteiger partial charge in [-0.1, -0.05) is 6.07 Å². The van der Waals surface area contributed by atoms with Crippen LogP contribution < -0.4 is 20.3 Å². The van der Waals surface area contributed by atoms with Crippen LogP contribution in [0.4, 0.5) is 10.5 Å². The summed E-state index contributed by atoms with van der Waals surface area (Å²) in [4.78, 5) is 25.7. The number of urea groups is 1. The molecule has 0 unspecified atom stereocenters. The molecule has 2 N–H and O–H groups in total. The molecule has 2 aliphatic heterocycles. The largest absolute Gasteiger partial charge is 0.496 e. The van der Waals surface area contributed by atoms with Crippen molar-refractivity contribution in [1.29, 1.82) is 0 Å². The summed E-state index contributed by atoms with van der Waals surface area (Å²) in [6.45, 7) is 7.67. The molecule has 6 heteroatoms. The van der Waals surface area contributed by atoms with Crippen LogP contribution in [0.3, 0.4) is 0 Å². The van der Waals surface area contributed by atoms with Gasteiger partial charge in [0.1, 0.15) is 11.4 Å². The Balaban J connectivity index is 1.79. The van der Waals surface area contributed by atoms with Crippen LogP contribution in [0.2, 0.25) is 0 Å². The number of imide groups is 1. The molecule has 0 saturated carbocycles. The molecule has 1 fully saturated rings. The Morgan fingerprint density at radius 3 is 2.57 bits per heavy atom. The Bertz CT molecular complexity index is 1060. The number of amides is 3. The molecule has 2 aliphatic rings. The summed E-state index contributed by atoms with van der Waals surface area (Å²) < 4.78 is 5.64. The van der Waals surface area contributed by atoms with Crippen molar-refractivity contribution in [3.63, 3.8) is 0 Å². The first kappa shape index (κ1) is 20.0. The summed E-state index contributed by atoms with van der Waals surface area (Å²) in [5.41, 5.74) is 7.00. The predicted octanol–water partition coefficient (Wildman–Crippen LogP) is 4.01. The number of nitrogens with one attached hydrogen (secondary N) is 2. The molecule has 156 valence electrons. The number of carbonyl (C=O) groups is 2. The van der Waals surface area contributed by atoms with Crippen LogP contribution in [0, 0.1) is 6.92 Å². The van der Waals surface area contributed by atoms with Crippen LogP contribution >= 0.6 is 0 Å². The number of fused-ring (bicyclic) bond motifs is 1. The van der Waals surface area contributed by atoms with E-state index < -0.39 is 11.9 Å². The van der Waals surface area contributed by atoms with Crippen molar-refractivity contribution in [1.82, 2.24) is 10.6 Å². The highest BCUT2D eigenvalue weighted by molar-refractivity contribution is 6.14. The van der Waals surface area contributed by atoms with Gasteiger partial charge in [0, 0.05) is 23.8 Å². The SMILES string of the molecule is COc1ccc(C=C2NC(=O)NC2=O)cc1-c1cc2c(cc1C)N(C(C)C)CCC2. The quantitative estimate of drug-likeness (QED) is 0.596. The Kier molecular flexibility index (Phi) is 5.24. The van der Waals surface area contributed by atoms with E-state index in [1.165, 1.54) is 16.8 Å². The molecule has 3 amide bonds. The maximum absolute atomic E-state index is 11.9. The Morgan fingerprint density at radius 2 is 1.90 bits per heavy atom. The predicted molar refractivity (Wildman–Crippen MR) is 119 cm³/mol. The molecule has 6 nitrogen and oxygen atoms in total. The fourth-order valence-electron chi connectivity index (χ4n) is 4.27. The van der Waals surface area contributed by atoms with Crippen molar-refractivity contribution in [3.8, 4) is 16.9 Å². The van der Waals surface area contributed by atoms with Crippen molar-refractivity contribution >= 4 is 23.7 Å². The zero-order chi connectivity index (χ0) is 21.4. The average Bonchev–Trinajstić information content (AvgIpc) is 3.03. The third-order valence-corrected chi connectivity index (χ3v) is 5.75. The highest BCUT2D eigenvalue weighted by Crippen LogP contribution is 2.39. The van der Waals surface area contributed by atoms with Gasteiger partial charge in [0.2, 0.25) is 0 Å². The molecule has 2 aromatic rings. The number of hydrogen-bond acceptors (Lipinski definition) is 4. The number of anilines is 1. The van der Waals surface area contributed by atoms with Crippen LogP contribution in [0.1, 0.15) is 37.0 Å². The van der Waals surface area contributed by atoms with Crippen LogP contribution in [0.5, 0.6) is 5.75 Å². The van der Waals surface area contributed by atoms with E-state index in [-0.39, 0.29) is 5.70 Å². The van der Waals surface area contributed by atoms with Gasteiger partial charge in [0.05, 0.1) is 7.11 Å². The van der Waals surface area contributed by atoms with Crippen LogP contribution in [0.15, 0.2) is 36.0 Å². The smallest absolute Gasteiger partial charge is 0.326 e. The van der Waals surface area contributed by atoms with E-state index >= 15 is 0 Å². The molecule has 30 heavy (non-hydrogen) atoms. The fraction of sp³-hybridized carbons (Fsp3) is 0.333. The number of benzene rings is 2. The van der Waals surface area contributed by atoms with E-state index in [0.29, 0.717) is 6.04 Å². The highest BCUT2D eigenvalue weighted by atomic mass is 16.5. The second-order valence-electron chi connectivity index (χ2n) is 8.11. The number of rotatable bonds is 4. The van der Waals surface area contributed by atoms with Gasteiger partial charge in [-0.15, -0.1) is 0 Å². The molecule has 4 rings (SSSR count). The van der Waals surface area contributed by atoms with Gasteiger partial charge < -0.3 is 15.0 Å². The highest BCUT2D eigenvalue weighted by Gasteiger charge is 2.24. The molecule has 2 heterocycles. The van der Waals surface area contributed by atoms with Gasteiger partial charge in [-0.2, -0.15) is 0 Å². The van der Waals surface area contributed by atoms with E-state index in [9.17, 15) is 9.59 Å². The second kappa shape index (κ2) is 7.86. The third kappa shape index (κ3) is 3.65. The van der Waals surface area contributed by atoms with Gasteiger partial charge in [-0.05, 0) is 86.2 Å². The summed E-state index contributed by atoms with van der Waals surface area (Å²) in [5.74, 6) is 0.354. The summed E-state index contributed by atoms with van der Waals surface area (Å²) in [7, 11) is 1.66. The Morgan fingerprint density at radius 1 is 1.10 bits per heavy atom. The van der Waals surface area contributed by atoms with Gasteiger partial charge in [-0.3, -0.25) is 10.1 Å². The lowest BCUT2D eigenvalue weighted by atomic mass is 9.91. The van der Waals surface area contributed by atoms with E-state index in [1.54, 1.807) is 13.2 Å². The Labute approximate surface area is 176 Å². The minimum absolute atomic E-state index is 0.242. The number of hydrogen-bond donors (Lipinski definition) is 2. The third-order valence-electron chi connectivity index (χ3n) is 5.75. The van der Waals surface area contributed by atoms with E-state index in [0.717, 1.165) is 41.8 Å². The number of aryl methyl sites for hydroxylation is 2. The second-order valence-corrected chi connectivity index (χ2v) is 8.11. The topological polar surface area (TPSA) is 70.7 Å². The molecule has 0 atom stereocenters. The van der Waals surface area contributed by atoms with Gasteiger partial charge in [0.15, 0.2) is 0 Å². The standard InChI is InChI=1S/C24H27N3O3/c1-14(2)27-9-5-6-17-13-18(15(3)10-21(17)27)19-11-16(7-8-22(19)30-4)12-20-23(28)26-24(29)25-20/h7-8,10-14H,5-6,9H2,1-4H3,(H2,25,26,28,29). The molecule has 0 bridgehead atoms. The summed E-state index contributed by atoms with van der Waals surface area (Å²) in [6.07, 6.45) is 3.88. The maximum atomic E-state index is 11.9. The Hall–Kier alpha value is -3.28. The lowest BCUT2D eigenvalue weighted by Crippen LogP contribution is -2.35. The molecule has 2 aromatic carbocycles. The van der Waals surface area contributed by atoms with Crippen molar-refractivity contribution in [2.75, 3.05) is 18.6 Å². The summed E-state index contributed by atoms with van der Waals surface area (Å²) in [6, 6.07) is 10.3. The molecular weight excluding hydrogens is 378 g/mol. The first-order valence-corrected chi connectivity index (χ1v) is 10.3. The lowest BCUT2D eigenvalue weighted by Gasteiger charge is -2.35. The van der Waals surface area contributed by atoms with Gasteiger partial charge in [-0.25, -0.2) is 4.79 Å². The summed E-state index contributed by atoms with van der Waals surface area (Å²) in [5, 5.41) is 4.76. The van der Waals surface area contributed by atoms with Gasteiger partial charge >= 0.3 is 6.03 Å². The van der Waals surface area contributed by atoms with Gasteiger partial charge in [0.25, 0.3) is 5.91 Å². The molecule has 0 aromatic heterocycles. The maximum Gasteiger partial charge on any atom is 0.326 e. The van der Waals surface area contributed by atoms with E-state index in [4.69, 9.17) is 4.74 Å². The number of ether oxygens (including phenoxy) is 1. The van der Waals surface area contributed by atoms with Crippen LogP contribution in [-0.4, -0.2) is 31.6 Å². The normalized spacial score (nSPS) is 17.2. The van der Waals surface area contributed by atoms with E-state index in [2.05, 4.69) is 48.4 Å². The van der Waals surface area contributed by atoms with Crippen LogP contribution in [-0.2, 0) is 11.2 Å². The number of nitrogens with zero attached hydrogens (tertiary/aromatic N) is 1. The number of carbonyl (C=O) groups excluding carboxylic acids is 2. The molecule has 1 saturated heterocycles. The average molecular weight is 405 g/mol. The fourth-order valence-corrected chi connectivity index (χ4v) is 4.27. The molecule has 0 spiro atoms. The monoisotopic (exact) mass is 405 g/mol. The minimum Gasteiger partial charge on any atom is -0.496 e. The first-order valence-electron chi connectivity index (χ1n) is 10.3. The molecular formula is C24H27N3O3. The van der Waals surface area contributed by atoms with Crippen molar-refractivity contribution in [3.05, 3.63) is 52.7 Å². The zero-order valence-electron chi connectivity index (χ0n) is 17.8. The van der Waals surface area contributed by atoms with E-state index in [1.807, 2.05) is 18.2 Å². The van der Waals surface area contributed by atoms with Crippen molar-refractivity contribution in [2.45, 2.75) is 39.7 Å². The van der Waals surface area contributed by atoms with Crippen molar-refractivity contribution < 1.29 is 14.3 Å².